The second kappa shape index (κ2) is 5.02. The summed E-state index contributed by atoms with van der Waals surface area (Å²) in [5, 5.41) is 0. The third kappa shape index (κ3) is 2.56. The Labute approximate surface area is 91.7 Å². The first kappa shape index (κ1) is 10.3. The summed E-state index contributed by atoms with van der Waals surface area (Å²) in [5.74, 6) is 3.52. The van der Waals surface area contributed by atoms with Crippen molar-refractivity contribution in [2.45, 2.75) is 6.92 Å². The largest absolute Gasteiger partial charge is 0.345 e. The Bertz CT molecular complexity index is 319. The highest BCUT2D eigenvalue weighted by atomic mass is 127. The fourth-order valence-electron chi connectivity index (χ4n) is 0.986. The normalized spacial score (nSPS) is 9.31. The van der Waals surface area contributed by atoms with Crippen molar-refractivity contribution in [3.8, 4) is 12.3 Å². The summed E-state index contributed by atoms with van der Waals surface area (Å²) in [6, 6.07) is 0. The number of nitrogens with zero attached hydrogens (tertiary/aromatic N) is 3. The van der Waals surface area contributed by atoms with Gasteiger partial charge in [-0.3, -0.25) is 0 Å². The molecule has 0 bridgehead atoms. The van der Waals surface area contributed by atoms with Gasteiger partial charge in [-0.15, -0.1) is 6.42 Å². The lowest BCUT2D eigenvalue weighted by molar-refractivity contribution is 0.881. The summed E-state index contributed by atoms with van der Waals surface area (Å²) in [6.45, 7) is 3.50. The molecule has 0 atom stereocenters. The zero-order valence-electron chi connectivity index (χ0n) is 7.37. The van der Waals surface area contributed by atoms with Crippen molar-refractivity contribution < 1.29 is 0 Å². The standard InChI is InChI=1S/C9H10IN3/c1-3-5-13(4-2)9-8(10)6-11-7-12-9/h1,6-7H,4-5H2,2H3. The molecule has 0 fully saturated rings. The first-order valence-corrected chi connectivity index (χ1v) is 5.01. The van der Waals surface area contributed by atoms with Gasteiger partial charge in [0.05, 0.1) is 10.1 Å². The Balaban J connectivity index is 2.92. The molecular formula is C9H10IN3. The molecule has 4 heteroatoms. The van der Waals surface area contributed by atoms with Gasteiger partial charge < -0.3 is 4.90 Å². The predicted molar refractivity (Wildman–Crippen MR) is 61.5 cm³/mol. The maximum absolute atomic E-state index is 5.25. The van der Waals surface area contributed by atoms with Crippen molar-refractivity contribution in [2.24, 2.45) is 0 Å². The van der Waals surface area contributed by atoms with Gasteiger partial charge in [-0.25, -0.2) is 9.97 Å². The summed E-state index contributed by atoms with van der Waals surface area (Å²) >= 11 is 2.20. The highest BCUT2D eigenvalue weighted by Crippen LogP contribution is 2.16. The van der Waals surface area contributed by atoms with Crippen LogP contribution in [0.5, 0.6) is 0 Å². The van der Waals surface area contributed by atoms with Crippen LogP contribution < -0.4 is 4.90 Å². The third-order valence-corrected chi connectivity index (χ3v) is 2.37. The van der Waals surface area contributed by atoms with Crippen molar-refractivity contribution in [3.05, 3.63) is 16.1 Å². The molecule has 0 spiro atoms. The van der Waals surface area contributed by atoms with Gasteiger partial charge in [0.25, 0.3) is 0 Å². The molecule has 0 aliphatic rings. The van der Waals surface area contributed by atoms with E-state index in [0.29, 0.717) is 6.54 Å². The van der Waals surface area contributed by atoms with Crippen molar-refractivity contribution in [2.75, 3.05) is 18.0 Å². The highest BCUT2D eigenvalue weighted by Gasteiger charge is 2.07. The molecule has 0 amide bonds. The molecule has 3 nitrogen and oxygen atoms in total. The Morgan fingerprint density at radius 2 is 2.46 bits per heavy atom. The topological polar surface area (TPSA) is 29.0 Å². The van der Waals surface area contributed by atoms with Crippen molar-refractivity contribution in [1.82, 2.24) is 9.97 Å². The molecule has 0 aromatic carbocycles. The van der Waals surface area contributed by atoms with E-state index in [0.717, 1.165) is 15.9 Å². The van der Waals surface area contributed by atoms with Crippen molar-refractivity contribution in [1.29, 1.82) is 0 Å². The Kier molecular flexibility index (Phi) is 3.96. The molecule has 0 radical (unpaired) electrons. The van der Waals surface area contributed by atoms with Gasteiger partial charge in [0, 0.05) is 12.7 Å². The number of hydrogen-bond acceptors (Lipinski definition) is 3. The molecule has 68 valence electrons. The number of aromatic nitrogens is 2. The van der Waals surface area contributed by atoms with Crippen molar-refractivity contribution in [3.63, 3.8) is 0 Å². The van der Waals surface area contributed by atoms with Crippen LogP contribution in [0.1, 0.15) is 6.92 Å². The van der Waals surface area contributed by atoms with Crippen LogP contribution in [0.25, 0.3) is 0 Å². The van der Waals surface area contributed by atoms with Crippen LogP contribution >= 0.6 is 22.6 Å². The summed E-state index contributed by atoms with van der Waals surface area (Å²) < 4.78 is 1.03. The van der Waals surface area contributed by atoms with Gasteiger partial charge in [-0.2, -0.15) is 0 Å². The first-order valence-electron chi connectivity index (χ1n) is 3.93. The molecule has 1 rings (SSSR count). The van der Waals surface area contributed by atoms with E-state index in [1.807, 2.05) is 4.90 Å². The zero-order valence-corrected chi connectivity index (χ0v) is 9.52. The quantitative estimate of drug-likeness (QED) is 0.624. The molecule has 0 N–H and O–H groups in total. The van der Waals surface area contributed by atoms with Gasteiger partial charge in [0.2, 0.25) is 0 Å². The molecule has 0 saturated carbocycles. The third-order valence-electron chi connectivity index (χ3n) is 1.61. The van der Waals surface area contributed by atoms with Gasteiger partial charge in [0.1, 0.15) is 12.1 Å². The summed E-state index contributed by atoms with van der Waals surface area (Å²) in [5.41, 5.74) is 0. The van der Waals surface area contributed by atoms with Crippen molar-refractivity contribution >= 4 is 28.4 Å². The van der Waals surface area contributed by atoms with Crippen LogP contribution in [-0.4, -0.2) is 23.1 Å². The Morgan fingerprint density at radius 1 is 1.69 bits per heavy atom. The SMILES string of the molecule is C#CCN(CC)c1ncncc1I. The summed E-state index contributed by atoms with van der Waals surface area (Å²) in [6.07, 6.45) is 8.57. The smallest absolute Gasteiger partial charge is 0.146 e. The zero-order chi connectivity index (χ0) is 9.68. The predicted octanol–water partition coefficient (Wildman–Crippen LogP) is 1.54. The van der Waals surface area contributed by atoms with Crippen LogP contribution in [-0.2, 0) is 0 Å². The lowest BCUT2D eigenvalue weighted by Crippen LogP contribution is -2.24. The van der Waals surface area contributed by atoms with E-state index < -0.39 is 0 Å². The van der Waals surface area contributed by atoms with Gasteiger partial charge in [0.15, 0.2) is 0 Å². The van der Waals surface area contributed by atoms with Crippen LogP contribution in [0, 0.1) is 15.9 Å². The van der Waals surface area contributed by atoms with E-state index in [4.69, 9.17) is 6.42 Å². The molecule has 1 aromatic heterocycles. The average molecular weight is 287 g/mol. The molecule has 1 aromatic rings. The van der Waals surface area contributed by atoms with E-state index in [1.165, 1.54) is 6.33 Å². The Morgan fingerprint density at radius 3 is 3.00 bits per heavy atom. The first-order chi connectivity index (χ1) is 6.29. The number of hydrogen-bond donors (Lipinski definition) is 0. The maximum Gasteiger partial charge on any atom is 0.146 e. The highest BCUT2D eigenvalue weighted by molar-refractivity contribution is 14.1. The molecule has 0 aliphatic heterocycles. The average Bonchev–Trinajstić information content (AvgIpc) is 2.16. The molecule has 1 heterocycles. The maximum atomic E-state index is 5.25. The second-order valence-electron chi connectivity index (χ2n) is 2.41. The minimum absolute atomic E-state index is 0.587. The number of anilines is 1. The molecule has 0 saturated heterocycles. The fraction of sp³-hybridized carbons (Fsp3) is 0.333. The molecule has 13 heavy (non-hydrogen) atoms. The number of halogens is 1. The van der Waals surface area contributed by atoms with Crippen LogP contribution in [0.15, 0.2) is 12.5 Å². The van der Waals surface area contributed by atoms with Gasteiger partial charge >= 0.3 is 0 Å². The lowest BCUT2D eigenvalue weighted by Gasteiger charge is -2.19. The van der Waals surface area contributed by atoms with Crippen LogP contribution in [0.2, 0.25) is 0 Å². The Hall–Kier alpha value is -0.830. The number of rotatable bonds is 3. The van der Waals surface area contributed by atoms with E-state index in [1.54, 1.807) is 6.20 Å². The van der Waals surface area contributed by atoms with E-state index >= 15 is 0 Å². The molecule has 0 aliphatic carbocycles. The summed E-state index contributed by atoms with van der Waals surface area (Å²) in [7, 11) is 0. The summed E-state index contributed by atoms with van der Waals surface area (Å²) in [4.78, 5) is 10.1. The van der Waals surface area contributed by atoms with Crippen LogP contribution in [0.3, 0.4) is 0 Å². The fourth-order valence-corrected chi connectivity index (χ4v) is 1.63. The molecule has 0 unspecified atom stereocenters. The van der Waals surface area contributed by atoms with E-state index in [-0.39, 0.29) is 0 Å². The van der Waals surface area contributed by atoms with Gasteiger partial charge in [-0.1, -0.05) is 5.92 Å². The minimum atomic E-state index is 0.587. The van der Waals surface area contributed by atoms with Crippen LogP contribution in [0.4, 0.5) is 5.82 Å². The van der Waals surface area contributed by atoms with Gasteiger partial charge in [-0.05, 0) is 29.5 Å². The number of terminal acetylenes is 1. The lowest BCUT2D eigenvalue weighted by atomic mass is 10.4. The monoisotopic (exact) mass is 287 g/mol. The molecular weight excluding hydrogens is 277 g/mol. The second-order valence-corrected chi connectivity index (χ2v) is 3.57. The van der Waals surface area contributed by atoms with E-state index in [9.17, 15) is 0 Å². The van der Waals surface area contributed by atoms with E-state index in [2.05, 4.69) is 45.4 Å². The minimum Gasteiger partial charge on any atom is -0.345 e.